The van der Waals surface area contributed by atoms with Crippen molar-refractivity contribution in [3.8, 4) is 0 Å². The maximum Gasteiger partial charge on any atom is 0.240 e. The van der Waals surface area contributed by atoms with E-state index in [0.717, 1.165) is 19.5 Å². The molecule has 2 aliphatic heterocycles. The number of piperazine rings is 1. The van der Waals surface area contributed by atoms with E-state index >= 15 is 0 Å². The molecule has 6 nitrogen and oxygen atoms in total. The minimum atomic E-state index is -0.617. The van der Waals surface area contributed by atoms with E-state index in [9.17, 15) is 9.59 Å². The van der Waals surface area contributed by atoms with Gasteiger partial charge in [-0.2, -0.15) is 0 Å². The molecule has 0 radical (unpaired) electrons. The highest BCUT2D eigenvalue weighted by Gasteiger charge is 2.38. The van der Waals surface area contributed by atoms with E-state index in [2.05, 4.69) is 15.5 Å². The van der Waals surface area contributed by atoms with Gasteiger partial charge in [0, 0.05) is 31.7 Å². The van der Waals surface area contributed by atoms with Crippen molar-refractivity contribution in [3.63, 3.8) is 0 Å². The van der Waals surface area contributed by atoms with Crippen LogP contribution >= 0.6 is 0 Å². The number of nitrogens with one attached hydrogen (secondary N) is 2. The number of carbonyl (C=O) groups excluding carboxylic acids is 2. The van der Waals surface area contributed by atoms with Gasteiger partial charge in [-0.3, -0.25) is 19.4 Å². The molecule has 0 aromatic carbocycles. The lowest BCUT2D eigenvalue weighted by Gasteiger charge is -2.41. The molecule has 1 saturated carbocycles. The van der Waals surface area contributed by atoms with Gasteiger partial charge in [0.2, 0.25) is 11.8 Å². The summed E-state index contributed by atoms with van der Waals surface area (Å²) in [4.78, 5) is 29.3. The summed E-state index contributed by atoms with van der Waals surface area (Å²) in [6.07, 6.45) is 10.3. The van der Waals surface area contributed by atoms with Gasteiger partial charge in [-0.05, 0) is 46.1 Å². The van der Waals surface area contributed by atoms with Crippen molar-refractivity contribution >= 4 is 11.8 Å². The van der Waals surface area contributed by atoms with Gasteiger partial charge in [-0.1, -0.05) is 25.7 Å². The number of rotatable bonds is 4. The standard InChI is InChI=1S/C20H36N4O2/c1-20(2)19(26)21-11-13-24(20)15-18(25)22-16-8-7-12-23(14-16)17-9-5-3-4-6-10-17/h16-17H,3-15H2,1-2H3,(H,21,26)(H,22,25). The van der Waals surface area contributed by atoms with Crippen LogP contribution in [0.5, 0.6) is 0 Å². The van der Waals surface area contributed by atoms with Gasteiger partial charge >= 0.3 is 0 Å². The van der Waals surface area contributed by atoms with E-state index in [1.807, 2.05) is 18.7 Å². The summed E-state index contributed by atoms with van der Waals surface area (Å²) in [5.74, 6) is 0.0641. The van der Waals surface area contributed by atoms with Crippen LogP contribution < -0.4 is 10.6 Å². The number of carbonyl (C=O) groups is 2. The molecule has 2 saturated heterocycles. The van der Waals surface area contributed by atoms with Crippen molar-refractivity contribution in [2.24, 2.45) is 0 Å². The highest BCUT2D eigenvalue weighted by Crippen LogP contribution is 2.25. The van der Waals surface area contributed by atoms with Gasteiger partial charge in [0.05, 0.1) is 12.1 Å². The molecule has 6 heteroatoms. The zero-order valence-electron chi connectivity index (χ0n) is 16.6. The highest BCUT2D eigenvalue weighted by atomic mass is 16.2. The molecule has 1 aliphatic carbocycles. The third-order valence-corrected chi connectivity index (χ3v) is 6.51. The lowest BCUT2D eigenvalue weighted by atomic mass is 9.98. The Morgan fingerprint density at radius 2 is 1.85 bits per heavy atom. The molecule has 0 spiro atoms. The quantitative estimate of drug-likeness (QED) is 0.742. The second-order valence-corrected chi connectivity index (χ2v) is 8.78. The van der Waals surface area contributed by atoms with Gasteiger partial charge in [-0.25, -0.2) is 0 Å². The second-order valence-electron chi connectivity index (χ2n) is 8.78. The summed E-state index contributed by atoms with van der Waals surface area (Å²) in [5, 5.41) is 6.13. The molecule has 1 atom stereocenters. The van der Waals surface area contributed by atoms with Gasteiger partial charge in [0.15, 0.2) is 0 Å². The summed E-state index contributed by atoms with van der Waals surface area (Å²) in [6.45, 7) is 7.60. The lowest BCUT2D eigenvalue weighted by Crippen LogP contribution is -2.63. The number of amides is 2. The first-order valence-electron chi connectivity index (χ1n) is 10.5. The predicted molar refractivity (Wildman–Crippen MR) is 103 cm³/mol. The maximum atomic E-state index is 12.6. The topological polar surface area (TPSA) is 64.7 Å². The first-order chi connectivity index (χ1) is 12.5. The van der Waals surface area contributed by atoms with Gasteiger partial charge < -0.3 is 10.6 Å². The average molecular weight is 365 g/mol. The van der Waals surface area contributed by atoms with Crippen LogP contribution in [0.3, 0.4) is 0 Å². The predicted octanol–water partition coefficient (Wildman–Crippen LogP) is 1.50. The van der Waals surface area contributed by atoms with Crippen molar-refractivity contribution in [1.29, 1.82) is 0 Å². The molecule has 2 N–H and O–H groups in total. The summed E-state index contributed by atoms with van der Waals surface area (Å²) >= 11 is 0. The van der Waals surface area contributed by atoms with Crippen molar-refractivity contribution in [2.75, 3.05) is 32.7 Å². The third-order valence-electron chi connectivity index (χ3n) is 6.51. The molecule has 2 amide bonds. The molecule has 3 fully saturated rings. The van der Waals surface area contributed by atoms with Gasteiger partial charge in [-0.15, -0.1) is 0 Å². The fourth-order valence-electron chi connectivity index (χ4n) is 4.75. The molecule has 0 aromatic heterocycles. The lowest BCUT2D eigenvalue weighted by molar-refractivity contribution is -0.137. The van der Waals surface area contributed by atoms with Crippen LogP contribution in [0.25, 0.3) is 0 Å². The van der Waals surface area contributed by atoms with Crippen LogP contribution in [0.1, 0.15) is 65.2 Å². The normalized spacial score (nSPS) is 29.0. The fourth-order valence-corrected chi connectivity index (χ4v) is 4.75. The Balaban J connectivity index is 1.50. The number of hydrogen-bond donors (Lipinski definition) is 2. The molecule has 2 heterocycles. The summed E-state index contributed by atoms with van der Waals surface area (Å²) in [6, 6.07) is 0.961. The molecule has 3 rings (SSSR count). The van der Waals surface area contributed by atoms with Crippen molar-refractivity contribution in [3.05, 3.63) is 0 Å². The van der Waals surface area contributed by atoms with Crippen molar-refractivity contribution in [1.82, 2.24) is 20.4 Å². The van der Waals surface area contributed by atoms with Crippen LogP contribution in [0.15, 0.2) is 0 Å². The Bertz CT molecular complexity index is 500. The molecule has 0 bridgehead atoms. The van der Waals surface area contributed by atoms with E-state index in [-0.39, 0.29) is 17.9 Å². The van der Waals surface area contributed by atoms with Crippen LogP contribution in [0, 0.1) is 0 Å². The monoisotopic (exact) mass is 364 g/mol. The first kappa shape index (κ1) is 19.6. The second kappa shape index (κ2) is 8.70. The molecular weight excluding hydrogens is 328 g/mol. The van der Waals surface area contributed by atoms with Gasteiger partial charge in [0.1, 0.15) is 0 Å². The van der Waals surface area contributed by atoms with E-state index < -0.39 is 5.54 Å². The van der Waals surface area contributed by atoms with Crippen molar-refractivity contribution in [2.45, 2.75) is 82.8 Å². The van der Waals surface area contributed by atoms with Crippen molar-refractivity contribution < 1.29 is 9.59 Å². The SMILES string of the molecule is CC1(C)C(=O)NCCN1CC(=O)NC1CCCN(C2CCCCCC2)C1. The number of hydrogen-bond acceptors (Lipinski definition) is 4. The number of piperidine rings is 1. The van der Waals surface area contributed by atoms with Crippen LogP contribution in [-0.2, 0) is 9.59 Å². The average Bonchev–Trinajstić information content (AvgIpc) is 2.89. The summed E-state index contributed by atoms with van der Waals surface area (Å²) < 4.78 is 0. The smallest absolute Gasteiger partial charge is 0.240 e. The Morgan fingerprint density at radius 3 is 2.58 bits per heavy atom. The zero-order valence-corrected chi connectivity index (χ0v) is 16.6. The number of nitrogens with zero attached hydrogens (tertiary/aromatic N) is 2. The third kappa shape index (κ3) is 4.77. The Kier molecular flexibility index (Phi) is 6.56. The van der Waals surface area contributed by atoms with Crippen LogP contribution in [0.2, 0.25) is 0 Å². The molecule has 3 aliphatic rings. The Hall–Kier alpha value is -1.14. The molecular formula is C20H36N4O2. The first-order valence-corrected chi connectivity index (χ1v) is 10.5. The van der Waals surface area contributed by atoms with Crippen LogP contribution in [-0.4, -0.2) is 72.0 Å². The molecule has 1 unspecified atom stereocenters. The summed E-state index contributed by atoms with van der Waals surface area (Å²) in [7, 11) is 0. The molecule has 148 valence electrons. The fraction of sp³-hybridized carbons (Fsp3) is 0.900. The molecule has 26 heavy (non-hydrogen) atoms. The largest absolute Gasteiger partial charge is 0.353 e. The Labute approximate surface area is 158 Å². The summed E-state index contributed by atoms with van der Waals surface area (Å²) in [5.41, 5.74) is -0.617. The van der Waals surface area contributed by atoms with Gasteiger partial charge in [0.25, 0.3) is 0 Å². The van der Waals surface area contributed by atoms with E-state index in [1.165, 1.54) is 51.5 Å². The minimum Gasteiger partial charge on any atom is -0.353 e. The van der Waals surface area contributed by atoms with E-state index in [1.54, 1.807) is 0 Å². The Morgan fingerprint density at radius 1 is 1.12 bits per heavy atom. The minimum absolute atomic E-state index is 0.00811. The van der Waals surface area contributed by atoms with E-state index in [4.69, 9.17) is 0 Å². The molecule has 0 aromatic rings. The number of likely N-dealkylation sites (tertiary alicyclic amines) is 1. The van der Waals surface area contributed by atoms with Crippen LogP contribution in [0.4, 0.5) is 0 Å². The van der Waals surface area contributed by atoms with E-state index in [0.29, 0.717) is 19.1 Å². The highest BCUT2D eigenvalue weighted by molar-refractivity contribution is 5.87. The zero-order chi connectivity index (χ0) is 18.6. The maximum absolute atomic E-state index is 12.6.